The molecule has 0 bridgehead atoms. The third-order valence-corrected chi connectivity index (χ3v) is 3.48. The van der Waals surface area contributed by atoms with E-state index in [-0.39, 0.29) is 24.6 Å². The van der Waals surface area contributed by atoms with Crippen molar-refractivity contribution in [3.05, 3.63) is 46.5 Å². The lowest BCUT2D eigenvalue weighted by molar-refractivity contribution is -0.146. The van der Waals surface area contributed by atoms with Crippen molar-refractivity contribution < 1.29 is 14.3 Å². The van der Waals surface area contributed by atoms with Crippen LogP contribution in [0.2, 0.25) is 0 Å². The van der Waals surface area contributed by atoms with E-state index in [0.717, 1.165) is 16.5 Å². The Kier molecular flexibility index (Phi) is 5.16. The highest BCUT2D eigenvalue weighted by atomic mass is 79.9. The predicted molar refractivity (Wildman–Crippen MR) is 76.8 cm³/mol. The van der Waals surface area contributed by atoms with Crippen molar-refractivity contribution in [3.8, 4) is 0 Å². The van der Waals surface area contributed by atoms with Crippen molar-refractivity contribution in [1.29, 1.82) is 0 Å². The summed E-state index contributed by atoms with van der Waals surface area (Å²) in [4.78, 5) is 11.5. The maximum atomic E-state index is 11.5. The number of halogens is 1. The van der Waals surface area contributed by atoms with Gasteiger partial charge in [-0.1, -0.05) is 40.2 Å². The summed E-state index contributed by atoms with van der Waals surface area (Å²) in [6, 6.07) is 8.07. The van der Waals surface area contributed by atoms with Gasteiger partial charge in [0.2, 0.25) is 0 Å². The van der Waals surface area contributed by atoms with Gasteiger partial charge in [0.25, 0.3) is 0 Å². The standard InChI is InChI=1S/C15H17BrO3/c1-2-18-15(17)10-13-4-3-5-14(19-13)11-6-8-12(16)9-7-11/h3-4,6-9,13-14H,2,5,10H2,1H3/t13-,14+/m0/s1. The second-order valence-corrected chi connectivity index (χ2v) is 5.30. The first-order valence-corrected chi connectivity index (χ1v) is 7.21. The molecule has 1 aromatic rings. The Morgan fingerprint density at radius 2 is 2.16 bits per heavy atom. The van der Waals surface area contributed by atoms with Crippen LogP contribution in [0.5, 0.6) is 0 Å². The third kappa shape index (κ3) is 4.18. The number of carbonyl (C=O) groups excluding carboxylic acids is 1. The minimum atomic E-state index is -0.214. The lowest BCUT2D eigenvalue weighted by Gasteiger charge is -2.26. The zero-order valence-electron chi connectivity index (χ0n) is 10.8. The summed E-state index contributed by atoms with van der Waals surface area (Å²) in [5.74, 6) is -0.214. The fourth-order valence-corrected chi connectivity index (χ4v) is 2.32. The Morgan fingerprint density at radius 3 is 2.84 bits per heavy atom. The molecule has 2 atom stereocenters. The molecule has 0 amide bonds. The first kappa shape index (κ1) is 14.3. The quantitative estimate of drug-likeness (QED) is 0.624. The average molecular weight is 325 g/mol. The molecule has 1 aliphatic heterocycles. The van der Waals surface area contributed by atoms with Crippen molar-refractivity contribution in [2.45, 2.75) is 32.0 Å². The summed E-state index contributed by atoms with van der Waals surface area (Å²) in [6.45, 7) is 2.21. The van der Waals surface area contributed by atoms with Crippen LogP contribution < -0.4 is 0 Å². The number of benzene rings is 1. The monoisotopic (exact) mass is 324 g/mol. The fraction of sp³-hybridized carbons (Fsp3) is 0.400. The summed E-state index contributed by atoms with van der Waals surface area (Å²) in [6.07, 6.45) is 4.93. The fourth-order valence-electron chi connectivity index (χ4n) is 2.06. The number of esters is 1. The number of rotatable bonds is 4. The molecule has 4 heteroatoms. The van der Waals surface area contributed by atoms with Crippen molar-refractivity contribution >= 4 is 21.9 Å². The van der Waals surface area contributed by atoms with Gasteiger partial charge in [-0.15, -0.1) is 0 Å². The van der Waals surface area contributed by atoms with E-state index < -0.39 is 0 Å². The lowest BCUT2D eigenvalue weighted by Crippen LogP contribution is -2.22. The highest BCUT2D eigenvalue weighted by Crippen LogP contribution is 2.29. The van der Waals surface area contributed by atoms with Crippen LogP contribution in [0.25, 0.3) is 0 Å². The van der Waals surface area contributed by atoms with Gasteiger partial charge in [0.05, 0.1) is 25.2 Å². The van der Waals surface area contributed by atoms with E-state index in [2.05, 4.69) is 22.0 Å². The third-order valence-electron chi connectivity index (χ3n) is 2.95. The molecular weight excluding hydrogens is 308 g/mol. The lowest BCUT2D eigenvalue weighted by atomic mass is 10.0. The molecular formula is C15H17BrO3. The molecule has 0 saturated heterocycles. The van der Waals surface area contributed by atoms with Gasteiger partial charge in [-0.25, -0.2) is 0 Å². The number of hydrogen-bond donors (Lipinski definition) is 0. The van der Waals surface area contributed by atoms with Gasteiger partial charge in [0.15, 0.2) is 0 Å². The number of carbonyl (C=O) groups is 1. The second-order valence-electron chi connectivity index (χ2n) is 4.39. The highest BCUT2D eigenvalue weighted by molar-refractivity contribution is 9.10. The van der Waals surface area contributed by atoms with E-state index in [1.165, 1.54) is 0 Å². The topological polar surface area (TPSA) is 35.5 Å². The van der Waals surface area contributed by atoms with Crippen LogP contribution in [0.3, 0.4) is 0 Å². The smallest absolute Gasteiger partial charge is 0.308 e. The van der Waals surface area contributed by atoms with Gasteiger partial charge in [-0.05, 0) is 31.0 Å². The Bertz CT molecular complexity index is 453. The Hall–Kier alpha value is -1.13. The van der Waals surface area contributed by atoms with Gasteiger partial charge in [-0.2, -0.15) is 0 Å². The normalized spacial score (nSPS) is 22.2. The molecule has 0 radical (unpaired) electrons. The molecule has 0 saturated carbocycles. The summed E-state index contributed by atoms with van der Waals surface area (Å²) in [5.41, 5.74) is 1.13. The van der Waals surface area contributed by atoms with Gasteiger partial charge >= 0.3 is 5.97 Å². The molecule has 3 nitrogen and oxygen atoms in total. The van der Waals surface area contributed by atoms with Crippen LogP contribution in [0.15, 0.2) is 40.9 Å². The first-order valence-electron chi connectivity index (χ1n) is 6.42. The minimum absolute atomic E-state index is 0.0116. The number of ether oxygens (including phenoxy) is 2. The highest BCUT2D eigenvalue weighted by Gasteiger charge is 2.22. The van der Waals surface area contributed by atoms with E-state index >= 15 is 0 Å². The molecule has 102 valence electrons. The zero-order valence-corrected chi connectivity index (χ0v) is 12.4. The van der Waals surface area contributed by atoms with E-state index in [1.807, 2.05) is 30.3 Å². The SMILES string of the molecule is CCOC(=O)C[C@@H]1C=CC[C@H](c2ccc(Br)cc2)O1. The molecule has 0 aromatic heterocycles. The molecule has 0 unspecified atom stereocenters. The molecule has 0 aliphatic carbocycles. The van der Waals surface area contributed by atoms with Crippen molar-refractivity contribution in [1.82, 2.24) is 0 Å². The minimum Gasteiger partial charge on any atom is -0.466 e. The molecule has 2 rings (SSSR count). The van der Waals surface area contributed by atoms with Crippen molar-refractivity contribution in [2.24, 2.45) is 0 Å². The van der Waals surface area contributed by atoms with Gasteiger partial charge < -0.3 is 9.47 Å². The molecule has 0 N–H and O–H groups in total. The summed E-state index contributed by atoms with van der Waals surface area (Å²) < 4.78 is 11.9. The maximum Gasteiger partial charge on any atom is 0.308 e. The van der Waals surface area contributed by atoms with Gasteiger partial charge in [0, 0.05) is 4.47 Å². The average Bonchev–Trinajstić information content (AvgIpc) is 2.40. The van der Waals surface area contributed by atoms with Crippen LogP contribution in [0.4, 0.5) is 0 Å². The Balaban J connectivity index is 1.97. The van der Waals surface area contributed by atoms with Gasteiger partial charge in [0.1, 0.15) is 0 Å². The summed E-state index contributed by atoms with van der Waals surface area (Å²) >= 11 is 3.42. The van der Waals surface area contributed by atoms with Crippen molar-refractivity contribution in [2.75, 3.05) is 6.61 Å². The van der Waals surface area contributed by atoms with E-state index in [4.69, 9.17) is 9.47 Å². The molecule has 1 aromatic carbocycles. The van der Waals surface area contributed by atoms with Crippen LogP contribution in [0.1, 0.15) is 31.4 Å². The molecule has 0 spiro atoms. The Labute approximate surface area is 121 Å². The molecule has 0 fully saturated rings. The molecule has 1 aliphatic rings. The zero-order chi connectivity index (χ0) is 13.7. The van der Waals surface area contributed by atoms with Crippen molar-refractivity contribution in [3.63, 3.8) is 0 Å². The second kappa shape index (κ2) is 6.87. The molecule has 19 heavy (non-hydrogen) atoms. The van der Waals surface area contributed by atoms with E-state index in [0.29, 0.717) is 6.61 Å². The van der Waals surface area contributed by atoms with E-state index in [9.17, 15) is 4.79 Å². The molecule has 1 heterocycles. The van der Waals surface area contributed by atoms with E-state index in [1.54, 1.807) is 6.92 Å². The summed E-state index contributed by atoms with van der Waals surface area (Å²) in [7, 11) is 0. The number of hydrogen-bond acceptors (Lipinski definition) is 3. The van der Waals surface area contributed by atoms with Gasteiger partial charge in [-0.3, -0.25) is 4.79 Å². The van der Waals surface area contributed by atoms with Crippen LogP contribution >= 0.6 is 15.9 Å². The Morgan fingerprint density at radius 1 is 1.42 bits per heavy atom. The van der Waals surface area contributed by atoms with Crippen LogP contribution in [0, 0.1) is 0 Å². The van der Waals surface area contributed by atoms with Crippen LogP contribution in [-0.2, 0) is 14.3 Å². The van der Waals surface area contributed by atoms with Crippen LogP contribution in [-0.4, -0.2) is 18.7 Å². The maximum absolute atomic E-state index is 11.5. The predicted octanol–water partition coefficient (Wildman–Crippen LogP) is 3.79. The largest absolute Gasteiger partial charge is 0.466 e. The summed E-state index contributed by atoms with van der Waals surface area (Å²) in [5, 5.41) is 0. The first-order chi connectivity index (χ1) is 9.19.